The van der Waals surface area contributed by atoms with Gasteiger partial charge in [-0.3, -0.25) is 4.68 Å². The van der Waals surface area contributed by atoms with Gasteiger partial charge in [-0.2, -0.15) is 15.1 Å². The fourth-order valence-electron chi connectivity index (χ4n) is 3.89. The summed E-state index contributed by atoms with van der Waals surface area (Å²) >= 11 is 0. The molecular weight excluding hydrogens is 374 g/mol. The lowest BCUT2D eigenvalue weighted by Crippen LogP contribution is -2.47. The van der Waals surface area contributed by atoms with Crippen LogP contribution in [-0.4, -0.2) is 45.9 Å². The fraction of sp³-hybridized carbons (Fsp3) is 0.261. The summed E-state index contributed by atoms with van der Waals surface area (Å²) in [6.07, 6.45) is 1.83. The first-order valence-corrected chi connectivity index (χ1v) is 10.3. The number of nitrogens with zero attached hydrogens (tertiary/aromatic N) is 6. The summed E-state index contributed by atoms with van der Waals surface area (Å²) in [6, 6.07) is 18.8. The van der Waals surface area contributed by atoms with E-state index in [4.69, 9.17) is 9.97 Å². The van der Waals surface area contributed by atoms with Gasteiger partial charge in [0.15, 0.2) is 5.65 Å². The number of rotatable bonds is 4. The Bertz CT molecular complexity index is 1160. The van der Waals surface area contributed by atoms with E-state index in [1.807, 2.05) is 30.1 Å². The molecular formula is C23H25N7. The van der Waals surface area contributed by atoms with Gasteiger partial charge in [-0.15, -0.1) is 0 Å². The van der Waals surface area contributed by atoms with Crippen LogP contribution in [0.1, 0.15) is 5.56 Å². The number of anilines is 4. The molecule has 1 aliphatic rings. The van der Waals surface area contributed by atoms with Gasteiger partial charge in [0, 0.05) is 44.6 Å². The van der Waals surface area contributed by atoms with E-state index in [9.17, 15) is 0 Å². The van der Waals surface area contributed by atoms with E-state index in [0.717, 1.165) is 54.7 Å². The van der Waals surface area contributed by atoms with Crippen LogP contribution >= 0.6 is 0 Å². The second-order valence-electron chi connectivity index (χ2n) is 7.63. The SMILES string of the molecule is Cc1ccccc1Nc1nc(N2CCN(c3ccccc3)CC2)nc2c1cnn2C. The highest BCUT2D eigenvalue weighted by atomic mass is 15.4. The Balaban J connectivity index is 1.44. The summed E-state index contributed by atoms with van der Waals surface area (Å²) < 4.78 is 1.81. The molecule has 1 aliphatic heterocycles. The van der Waals surface area contributed by atoms with Crippen molar-refractivity contribution >= 4 is 34.2 Å². The Labute approximate surface area is 176 Å². The van der Waals surface area contributed by atoms with Crippen molar-refractivity contribution in [3.8, 4) is 0 Å². The Morgan fingerprint density at radius 2 is 1.53 bits per heavy atom. The van der Waals surface area contributed by atoms with Crippen molar-refractivity contribution in [1.82, 2.24) is 19.7 Å². The first-order chi connectivity index (χ1) is 14.7. The number of aryl methyl sites for hydroxylation is 2. The summed E-state index contributed by atoms with van der Waals surface area (Å²) in [5, 5.41) is 8.83. The van der Waals surface area contributed by atoms with Crippen LogP contribution in [0.4, 0.5) is 23.1 Å². The van der Waals surface area contributed by atoms with Crippen molar-refractivity contribution < 1.29 is 0 Å². The highest BCUT2D eigenvalue weighted by Crippen LogP contribution is 2.28. The lowest BCUT2D eigenvalue weighted by atomic mass is 10.2. The molecule has 0 saturated carbocycles. The van der Waals surface area contributed by atoms with Crippen LogP contribution in [0.5, 0.6) is 0 Å². The summed E-state index contributed by atoms with van der Waals surface area (Å²) in [7, 11) is 1.92. The minimum absolute atomic E-state index is 0.745. The summed E-state index contributed by atoms with van der Waals surface area (Å²) in [6.45, 7) is 5.73. The second kappa shape index (κ2) is 7.67. The Morgan fingerprint density at radius 1 is 0.833 bits per heavy atom. The summed E-state index contributed by atoms with van der Waals surface area (Å²) in [5.41, 5.74) is 4.32. The summed E-state index contributed by atoms with van der Waals surface area (Å²) in [4.78, 5) is 14.4. The van der Waals surface area contributed by atoms with E-state index in [2.05, 4.69) is 69.6 Å². The minimum atomic E-state index is 0.745. The molecule has 3 heterocycles. The van der Waals surface area contributed by atoms with Gasteiger partial charge in [0.2, 0.25) is 5.95 Å². The molecule has 5 rings (SSSR count). The van der Waals surface area contributed by atoms with Crippen molar-refractivity contribution in [1.29, 1.82) is 0 Å². The largest absolute Gasteiger partial charge is 0.368 e. The van der Waals surface area contributed by atoms with Gasteiger partial charge < -0.3 is 15.1 Å². The van der Waals surface area contributed by atoms with E-state index < -0.39 is 0 Å². The lowest BCUT2D eigenvalue weighted by molar-refractivity contribution is 0.640. The molecule has 0 aliphatic carbocycles. The normalized spacial score (nSPS) is 14.3. The van der Waals surface area contributed by atoms with E-state index >= 15 is 0 Å². The zero-order chi connectivity index (χ0) is 20.5. The molecule has 7 heteroatoms. The zero-order valence-electron chi connectivity index (χ0n) is 17.3. The topological polar surface area (TPSA) is 62.1 Å². The molecule has 0 spiro atoms. The molecule has 2 aromatic carbocycles. The van der Waals surface area contributed by atoms with Gasteiger partial charge in [0.1, 0.15) is 5.82 Å². The molecule has 1 saturated heterocycles. The quantitative estimate of drug-likeness (QED) is 0.564. The third kappa shape index (κ3) is 3.43. The minimum Gasteiger partial charge on any atom is -0.368 e. The first-order valence-electron chi connectivity index (χ1n) is 10.3. The first kappa shape index (κ1) is 18.4. The number of para-hydroxylation sites is 2. The van der Waals surface area contributed by atoms with Crippen LogP contribution in [0.25, 0.3) is 11.0 Å². The van der Waals surface area contributed by atoms with E-state index in [1.165, 1.54) is 11.3 Å². The predicted molar refractivity (Wildman–Crippen MR) is 122 cm³/mol. The summed E-state index contributed by atoms with van der Waals surface area (Å²) in [5.74, 6) is 1.54. The third-order valence-corrected chi connectivity index (χ3v) is 5.66. The van der Waals surface area contributed by atoms with Crippen LogP contribution in [0.3, 0.4) is 0 Å². The van der Waals surface area contributed by atoms with Gasteiger partial charge in [-0.05, 0) is 30.7 Å². The Kier molecular flexibility index (Phi) is 4.71. The van der Waals surface area contributed by atoms with Gasteiger partial charge in [0.05, 0.1) is 11.6 Å². The molecule has 0 radical (unpaired) electrons. The number of hydrogen-bond acceptors (Lipinski definition) is 6. The predicted octanol–water partition coefficient (Wildman–Crippen LogP) is 3.74. The van der Waals surface area contributed by atoms with Crippen molar-refractivity contribution in [2.45, 2.75) is 6.92 Å². The molecule has 0 amide bonds. The molecule has 0 atom stereocenters. The molecule has 7 nitrogen and oxygen atoms in total. The second-order valence-corrected chi connectivity index (χ2v) is 7.63. The number of nitrogens with one attached hydrogen (secondary N) is 1. The lowest BCUT2D eigenvalue weighted by Gasteiger charge is -2.36. The molecule has 152 valence electrons. The molecule has 1 N–H and O–H groups in total. The van der Waals surface area contributed by atoms with E-state index in [1.54, 1.807) is 0 Å². The molecule has 0 bridgehead atoms. The smallest absolute Gasteiger partial charge is 0.229 e. The van der Waals surface area contributed by atoms with Gasteiger partial charge in [-0.25, -0.2) is 0 Å². The monoisotopic (exact) mass is 399 g/mol. The van der Waals surface area contributed by atoms with E-state index in [0.29, 0.717) is 0 Å². The molecule has 4 aromatic rings. The molecule has 30 heavy (non-hydrogen) atoms. The van der Waals surface area contributed by atoms with Gasteiger partial charge >= 0.3 is 0 Å². The Hall–Kier alpha value is -3.61. The van der Waals surface area contributed by atoms with Crippen LogP contribution in [0.15, 0.2) is 60.8 Å². The van der Waals surface area contributed by atoms with Crippen LogP contribution in [-0.2, 0) is 7.05 Å². The molecule has 1 fully saturated rings. The van der Waals surface area contributed by atoms with Crippen molar-refractivity contribution in [2.75, 3.05) is 41.3 Å². The number of fused-ring (bicyclic) bond motifs is 1. The van der Waals surface area contributed by atoms with Crippen LogP contribution < -0.4 is 15.1 Å². The standard InChI is InChI=1S/C23H25N7/c1-17-8-6-7-11-20(17)25-21-19-16-24-28(2)22(19)27-23(26-21)30-14-12-29(13-15-30)18-9-4-3-5-10-18/h3-11,16H,12-15H2,1-2H3,(H,25,26,27). The maximum Gasteiger partial charge on any atom is 0.229 e. The number of hydrogen-bond donors (Lipinski definition) is 1. The Morgan fingerprint density at radius 3 is 2.30 bits per heavy atom. The van der Waals surface area contributed by atoms with Crippen molar-refractivity contribution in [3.63, 3.8) is 0 Å². The highest BCUT2D eigenvalue weighted by molar-refractivity contribution is 5.89. The van der Waals surface area contributed by atoms with Crippen molar-refractivity contribution in [3.05, 3.63) is 66.4 Å². The average Bonchev–Trinajstić information content (AvgIpc) is 3.17. The fourth-order valence-corrected chi connectivity index (χ4v) is 3.89. The molecule has 2 aromatic heterocycles. The van der Waals surface area contributed by atoms with E-state index in [-0.39, 0.29) is 0 Å². The number of piperazine rings is 1. The van der Waals surface area contributed by atoms with Crippen LogP contribution in [0.2, 0.25) is 0 Å². The third-order valence-electron chi connectivity index (χ3n) is 5.66. The van der Waals surface area contributed by atoms with Gasteiger partial charge in [-0.1, -0.05) is 36.4 Å². The maximum absolute atomic E-state index is 4.90. The zero-order valence-corrected chi connectivity index (χ0v) is 17.3. The maximum atomic E-state index is 4.90. The number of benzene rings is 2. The number of aromatic nitrogens is 4. The average molecular weight is 400 g/mol. The highest BCUT2D eigenvalue weighted by Gasteiger charge is 2.22. The van der Waals surface area contributed by atoms with Gasteiger partial charge in [0.25, 0.3) is 0 Å². The van der Waals surface area contributed by atoms with Crippen molar-refractivity contribution in [2.24, 2.45) is 7.05 Å². The molecule has 0 unspecified atom stereocenters. The van der Waals surface area contributed by atoms with Crippen LogP contribution in [0, 0.1) is 6.92 Å².